The average Bonchev–Trinajstić information content (AvgIpc) is 2.67. The lowest BCUT2D eigenvalue weighted by molar-refractivity contribution is -0.138. The van der Waals surface area contributed by atoms with Gasteiger partial charge in [-0.25, -0.2) is 0 Å². The fraction of sp³-hybridized carbons (Fsp3) is 0.619. The molecule has 4 nitrogen and oxygen atoms in total. The van der Waals surface area contributed by atoms with E-state index < -0.39 is 17.6 Å². The molecule has 28 heavy (non-hydrogen) atoms. The van der Waals surface area contributed by atoms with Gasteiger partial charge in [0.1, 0.15) is 0 Å². The summed E-state index contributed by atoms with van der Waals surface area (Å²) in [7, 11) is 0. The second-order valence-electron chi connectivity index (χ2n) is 7.41. The summed E-state index contributed by atoms with van der Waals surface area (Å²) in [5.41, 5.74) is -1.06. The number of halogens is 3. The van der Waals surface area contributed by atoms with Gasteiger partial charge >= 0.3 is 6.18 Å². The molecule has 1 aromatic rings. The zero-order valence-corrected chi connectivity index (χ0v) is 16.5. The number of alkyl halides is 3. The first-order chi connectivity index (χ1) is 13.3. The summed E-state index contributed by atoms with van der Waals surface area (Å²) in [5.74, 6) is -0.715. The van der Waals surface area contributed by atoms with E-state index in [0.717, 1.165) is 32.0 Å². The molecule has 0 atom stereocenters. The number of anilines is 1. The molecule has 0 aromatic heterocycles. The van der Waals surface area contributed by atoms with Crippen molar-refractivity contribution in [3.8, 4) is 0 Å². The van der Waals surface area contributed by atoms with E-state index in [0.29, 0.717) is 25.7 Å². The predicted octanol–water partition coefficient (Wildman–Crippen LogP) is 5.10. The Labute approximate surface area is 164 Å². The quantitative estimate of drug-likeness (QED) is 0.695. The maximum atomic E-state index is 13.1. The number of carbonyl (C=O) groups excluding carboxylic acids is 2. The van der Waals surface area contributed by atoms with E-state index in [9.17, 15) is 22.8 Å². The van der Waals surface area contributed by atoms with E-state index >= 15 is 0 Å². The van der Waals surface area contributed by atoms with Crippen LogP contribution < -0.4 is 5.32 Å². The van der Waals surface area contributed by atoms with Crippen LogP contribution >= 0.6 is 0 Å². The summed E-state index contributed by atoms with van der Waals surface area (Å²) in [6, 6.07) is 4.99. The van der Waals surface area contributed by atoms with E-state index in [1.807, 2.05) is 18.7 Å². The summed E-state index contributed by atoms with van der Waals surface area (Å²) >= 11 is 0. The minimum atomic E-state index is -4.52. The fourth-order valence-electron chi connectivity index (χ4n) is 3.81. The van der Waals surface area contributed by atoms with Crippen LogP contribution in [0.1, 0.15) is 57.9 Å². The van der Waals surface area contributed by atoms with E-state index in [1.165, 1.54) is 18.2 Å². The van der Waals surface area contributed by atoms with Crippen LogP contribution in [0.25, 0.3) is 0 Å². The molecule has 1 aromatic carbocycles. The molecule has 0 saturated heterocycles. The van der Waals surface area contributed by atoms with Gasteiger partial charge in [-0.05, 0) is 50.7 Å². The summed E-state index contributed by atoms with van der Waals surface area (Å²) in [6.45, 7) is 5.55. The van der Waals surface area contributed by atoms with Crippen LogP contribution in [0.3, 0.4) is 0 Å². The third kappa shape index (κ3) is 5.72. The highest BCUT2D eigenvalue weighted by molar-refractivity contribution is 5.93. The van der Waals surface area contributed by atoms with Crippen molar-refractivity contribution in [1.29, 1.82) is 0 Å². The lowest BCUT2D eigenvalue weighted by atomic mass is 9.80. The molecule has 156 valence electrons. The number of rotatable bonds is 7. The highest BCUT2D eigenvalue weighted by Gasteiger charge is 2.35. The van der Waals surface area contributed by atoms with Crippen molar-refractivity contribution in [2.75, 3.05) is 18.4 Å². The lowest BCUT2D eigenvalue weighted by Crippen LogP contribution is -2.39. The van der Waals surface area contributed by atoms with Gasteiger partial charge in [-0.1, -0.05) is 26.0 Å². The monoisotopic (exact) mass is 398 g/mol. The van der Waals surface area contributed by atoms with Crippen molar-refractivity contribution in [3.05, 3.63) is 29.8 Å². The molecule has 7 heteroatoms. The van der Waals surface area contributed by atoms with Crippen molar-refractivity contribution < 1.29 is 22.8 Å². The lowest BCUT2D eigenvalue weighted by Gasteiger charge is -2.31. The van der Waals surface area contributed by atoms with Gasteiger partial charge in [0, 0.05) is 24.9 Å². The average molecular weight is 398 g/mol. The number of para-hydroxylation sites is 1. The Hall–Kier alpha value is -2.05. The smallest absolute Gasteiger partial charge is 0.342 e. The van der Waals surface area contributed by atoms with Gasteiger partial charge in [0.25, 0.3) is 0 Å². The summed E-state index contributed by atoms with van der Waals surface area (Å²) < 4.78 is 39.3. The standard InChI is InChI=1S/C21H29F3N2O2/c1-3-13-26(14-4-2)20(28)16-11-9-15(10-12-16)19(27)25-18-8-6-5-7-17(18)21(22,23)24/h5-8,15-16H,3-4,9-14H2,1-2H3,(H,25,27). The number of hydrogen-bond acceptors (Lipinski definition) is 2. The Morgan fingerprint density at radius 3 is 2.07 bits per heavy atom. The van der Waals surface area contributed by atoms with Crippen LogP contribution in [0, 0.1) is 11.8 Å². The Morgan fingerprint density at radius 2 is 1.54 bits per heavy atom. The van der Waals surface area contributed by atoms with Gasteiger partial charge in [-0.3, -0.25) is 9.59 Å². The molecule has 0 radical (unpaired) electrons. The molecule has 0 aliphatic heterocycles. The molecule has 1 fully saturated rings. The molecule has 2 rings (SSSR count). The van der Waals surface area contributed by atoms with E-state index in [-0.39, 0.29) is 23.4 Å². The van der Waals surface area contributed by atoms with Crippen molar-refractivity contribution in [3.63, 3.8) is 0 Å². The third-order valence-corrected chi connectivity index (χ3v) is 5.24. The third-order valence-electron chi connectivity index (χ3n) is 5.24. The summed E-state index contributed by atoms with van der Waals surface area (Å²) in [5, 5.41) is 2.44. The van der Waals surface area contributed by atoms with Gasteiger partial charge in [0.2, 0.25) is 11.8 Å². The Kier molecular flexibility index (Phi) is 7.89. The number of carbonyl (C=O) groups is 2. The second kappa shape index (κ2) is 9.94. The Morgan fingerprint density at radius 1 is 1.00 bits per heavy atom. The highest BCUT2D eigenvalue weighted by atomic mass is 19.4. The van der Waals surface area contributed by atoms with Crippen LogP contribution in [0.4, 0.5) is 18.9 Å². The molecule has 0 bridgehead atoms. The van der Waals surface area contributed by atoms with Crippen LogP contribution in [0.2, 0.25) is 0 Å². The zero-order chi connectivity index (χ0) is 20.7. The van der Waals surface area contributed by atoms with Crippen LogP contribution in [-0.2, 0) is 15.8 Å². The zero-order valence-electron chi connectivity index (χ0n) is 16.5. The number of nitrogens with one attached hydrogen (secondary N) is 1. The predicted molar refractivity (Wildman–Crippen MR) is 103 cm³/mol. The first kappa shape index (κ1) is 22.2. The normalized spacial score (nSPS) is 19.9. The van der Waals surface area contributed by atoms with Crippen molar-refractivity contribution >= 4 is 17.5 Å². The fourth-order valence-corrected chi connectivity index (χ4v) is 3.81. The maximum absolute atomic E-state index is 13.1. The number of benzene rings is 1. The molecular weight excluding hydrogens is 369 g/mol. The van der Waals surface area contributed by atoms with Crippen molar-refractivity contribution in [2.24, 2.45) is 11.8 Å². The molecule has 1 saturated carbocycles. The molecular formula is C21H29F3N2O2. The second-order valence-corrected chi connectivity index (χ2v) is 7.41. The Balaban J connectivity index is 1.95. The van der Waals surface area contributed by atoms with E-state index in [2.05, 4.69) is 5.32 Å². The molecule has 1 aliphatic rings. The van der Waals surface area contributed by atoms with Crippen molar-refractivity contribution in [2.45, 2.75) is 58.5 Å². The van der Waals surface area contributed by atoms with Gasteiger partial charge in [0.05, 0.1) is 11.3 Å². The largest absolute Gasteiger partial charge is 0.418 e. The topological polar surface area (TPSA) is 49.4 Å². The highest BCUT2D eigenvalue weighted by Crippen LogP contribution is 2.36. The minimum Gasteiger partial charge on any atom is -0.342 e. The number of nitrogens with zero attached hydrogens (tertiary/aromatic N) is 1. The first-order valence-electron chi connectivity index (χ1n) is 10.0. The summed E-state index contributed by atoms with van der Waals surface area (Å²) in [6.07, 6.45) is -0.477. The molecule has 1 N–H and O–H groups in total. The van der Waals surface area contributed by atoms with E-state index in [4.69, 9.17) is 0 Å². The molecule has 0 unspecified atom stereocenters. The number of amides is 2. The first-order valence-corrected chi connectivity index (χ1v) is 10.0. The van der Waals surface area contributed by atoms with Crippen molar-refractivity contribution in [1.82, 2.24) is 4.90 Å². The van der Waals surface area contributed by atoms with Crippen LogP contribution in [0.5, 0.6) is 0 Å². The van der Waals surface area contributed by atoms with Gasteiger partial charge in [0.15, 0.2) is 0 Å². The Bertz CT molecular complexity index is 662. The van der Waals surface area contributed by atoms with E-state index in [1.54, 1.807) is 0 Å². The number of hydrogen-bond donors (Lipinski definition) is 1. The summed E-state index contributed by atoms with van der Waals surface area (Å²) in [4.78, 5) is 27.1. The molecule has 2 amide bonds. The molecule has 0 heterocycles. The minimum absolute atomic E-state index is 0.0930. The molecule has 0 spiro atoms. The van der Waals surface area contributed by atoms with Gasteiger partial charge < -0.3 is 10.2 Å². The van der Waals surface area contributed by atoms with Gasteiger partial charge in [-0.2, -0.15) is 13.2 Å². The SMILES string of the molecule is CCCN(CCC)C(=O)C1CCC(C(=O)Nc2ccccc2C(F)(F)F)CC1. The van der Waals surface area contributed by atoms with Gasteiger partial charge in [-0.15, -0.1) is 0 Å². The van der Waals surface area contributed by atoms with Crippen LogP contribution in [0.15, 0.2) is 24.3 Å². The maximum Gasteiger partial charge on any atom is 0.418 e. The molecule has 1 aliphatic carbocycles. The van der Waals surface area contributed by atoms with Crippen LogP contribution in [-0.4, -0.2) is 29.8 Å².